The number of carbonyl (C=O) groups is 2. The van der Waals surface area contributed by atoms with Crippen LogP contribution >= 0.6 is 34.5 Å². The summed E-state index contributed by atoms with van der Waals surface area (Å²) in [6.07, 6.45) is 3.99. The first kappa shape index (κ1) is 17.6. The van der Waals surface area contributed by atoms with Crippen LogP contribution in [0.1, 0.15) is 28.8 Å². The number of halogens is 2. The lowest BCUT2D eigenvalue weighted by molar-refractivity contribution is 0.0970. The van der Waals surface area contributed by atoms with Gasteiger partial charge in [0.1, 0.15) is 0 Å². The minimum absolute atomic E-state index is 0.0991. The molecule has 1 N–H and O–H groups in total. The zero-order valence-corrected chi connectivity index (χ0v) is 15.9. The number of rotatable bonds is 2. The van der Waals surface area contributed by atoms with Crippen LogP contribution in [0.5, 0.6) is 0 Å². The molecule has 0 aliphatic heterocycles. The fraction of sp³-hybridized carbons (Fsp3) is 0.250. The van der Waals surface area contributed by atoms with E-state index in [9.17, 15) is 9.59 Å². The molecule has 8 heteroatoms. The van der Waals surface area contributed by atoms with Gasteiger partial charge in [0.15, 0.2) is 5.78 Å². The quantitative estimate of drug-likeness (QED) is 0.713. The molecule has 1 aliphatic rings. The standard InChI is InChI=1S/C16H14Cl2N2O2S2/c1-24(20-16(22)19-10-7-5-9(17)6-8-10)15-13-11(14(18)23-15)3-2-4-12(13)21/h5-8H,2-4H2,1H3,(H,19,22)/t24-/m1/s1. The average Bonchev–Trinajstić information content (AvgIpc) is 2.88. The van der Waals surface area contributed by atoms with Gasteiger partial charge in [-0.05, 0) is 48.9 Å². The second-order valence-electron chi connectivity index (χ2n) is 5.30. The van der Waals surface area contributed by atoms with Crippen LogP contribution in [0.3, 0.4) is 0 Å². The topological polar surface area (TPSA) is 58.5 Å². The van der Waals surface area contributed by atoms with Gasteiger partial charge in [-0.2, -0.15) is 4.36 Å². The molecule has 1 atom stereocenters. The zero-order chi connectivity index (χ0) is 17.3. The number of urea groups is 1. The van der Waals surface area contributed by atoms with Crippen LogP contribution in [0.15, 0.2) is 32.8 Å². The number of anilines is 1. The van der Waals surface area contributed by atoms with E-state index in [1.54, 1.807) is 24.3 Å². The minimum atomic E-state index is -0.731. The Morgan fingerprint density at radius 1 is 1.25 bits per heavy atom. The number of nitrogens with zero attached hydrogens (tertiary/aromatic N) is 1. The van der Waals surface area contributed by atoms with Crippen LogP contribution in [-0.4, -0.2) is 18.1 Å². The minimum Gasteiger partial charge on any atom is -0.306 e. The van der Waals surface area contributed by atoms with Crippen molar-refractivity contribution >= 4 is 62.7 Å². The van der Waals surface area contributed by atoms with E-state index in [1.165, 1.54) is 11.3 Å². The highest BCUT2D eigenvalue weighted by atomic mass is 35.5. The van der Waals surface area contributed by atoms with Gasteiger partial charge in [0.2, 0.25) is 0 Å². The smallest absolute Gasteiger partial charge is 0.306 e. The third-order valence-corrected chi connectivity index (χ3v) is 7.30. The van der Waals surface area contributed by atoms with Crippen LogP contribution in [0, 0.1) is 0 Å². The summed E-state index contributed by atoms with van der Waals surface area (Å²) in [5.74, 6) is 0.0991. The first-order valence-corrected chi connectivity index (χ1v) is 10.4. The first-order chi connectivity index (χ1) is 11.5. The molecule has 1 aromatic heterocycles. The summed E-state index contributed by atoms with van der Waals surface area (Å²) in [5, 5.41) is 3.29. The highest BCUT2D eigenvalue weighted by Gasteiger charge is 2.27. The normalized spacial score (nSPS) is 15.2. The fourth-order valence-electron chi connectivity index (χ4n) is 2.52. The number of amides is 2. The van der Waals surface area contributed by atoms with E-state index < -0.39 is 16.7 Å². The number of nitrogens with one attached hydrogen (secondary N) is 1. The highest BCUT2D eigenvalue weighted by Crippen LogP contribution is 2.39. The van der Waals surface area contributed by atoms with E-state index in [0.29, 0.717) is 27.0 Å². The van der Waals surface area contributed by atoms with Crippen LogP contribution < -0.4 is 5.32 Å². The molecule has 0 bridgehead atoms. The second kappa shape index (κ2) is 7.35. The molecule has 0 radical (unpaired) electrons. The van der Waals surface area contributed by atoms with Gasteiger partial charge in [-0.3, -0.25) is 4.79 Å². The Balaban J connectivity index is 1.84. The Hall–Kier alpha value is -1.21. The molecule has 0 fully saturated rings. The van der Waals surface area contributed by atoms with E-state index in [2.05, 4.69) is 9.68 Å². The number of hydrogen-bond acceptors (Lipinski definition) is 3. The van der Waals surface area contributed by atoms with E-state index in [0.717, 1.165) is 22.6 Å². The maximum absolute atomic E-state index is 12.2. The lowest BCUT2D eigenvalue weighted by Gasteiger charge is -2.12. The summed E-state index contributed by atoms with van der Waals surface area (Å²) in [4.78, 5) is 24.4. The molecular weight excluding hydrogens is 387 g/mol. The van der Waals surface area contributed by atoms with Gasteiger partial charge in [-0.15, -0.1) is 11.3 Å². The molecule has 1 aromatic carbocycles. The molecule has 0 saturated carbocycles. The van der Waals surface area contributed by atoms with Gasteiger partial charge >= 0.3 is 6.03 Å². The lowest BCUT2D eigenvalue weighted by Crippen LogP contribution is -2.12. The summed E-state index contributed by atoms with van der Waals surface area (Å²) in [6.45, 7) is 0. The molecule has 1 heterocycles. The molecule has 0 spiro atoms. The summed E-state index contributed by atoms with van der Waals surface area (Å²) < 4.78 is 5.60. The largest absolute Gasteiger partial charge is 0.351 e. The van der Waals surface area contributed by atoms with E-state index in [-0.39, 0.29) is 5.78 Å². The van der Waals surface area contributed by atoms with Crippen LogP contribution in [0.4, 0.5) is 10.5 Å². The summed E-state index contributed by atoms with van der Waals surface area (Å²) in [7, 11) is -0.731. The molecule has 1 aliphatic carbocycles. The summed E-state index contributed by atoms with van der Waals surface area (Å²) >= 11 is 13.4. The fourth-order valence-corrected chi connectivity index (χ4v) is 5.79. The second-order valence-corrected chi connectivity index (χ2v) is 9.16. The van der Waals surface area contributed by atoms with Crippen LogP contribution in [-0.2, 0) is 17.1 Å². The lowest BCUT2D eigenvalue weighted by atomic mass is 9.95. The van der Waals surface area contributed by atoms with Crippen molar-refractivity contribution < 1.29 is 9.59 Å². The molecule has 3 rings (SSSR count). The average molecular weight is 401 g/mol. The predicted molar refractivity (Wildman–Crippen MR) is 101 cm³/mol. The molecule has 24 heavy (non-hydrogen) atoms. The van der Waals surface area contributed by atoms with Gasteiger partial charge in [-0.25, -0.2) is 4.79 Å². The van der Waals surface area contributed by atoms with Crippen LogP contribution in [0.25, 0.3) is 0 Å². The van der Waals surface area contributed by atoms with E-state index >= 15 is 0 Å². The molecular formula is C16H14Cl2N2O2S2. The Labute approximate surface area is 156 Å². The Morgan fingerprint density at radius 2 is 1.96 bits per heavy atom. The maximum atomic E-state index is 12.2. The predicted octanol–water partition coefficient (Wildman–Crippen LogP) is 5.60. The zero-order valence-electron chi connectivity index (χ0n) is 12.8. The number of Topliss-reactive ketones (excluding diaryl/α,β-unsaturated/α-hetero) is 1. The molecule has 4 nitrogen and oxygen atoms in total. The van der Waals surface area contributed by atoms with Gasteiger partial charge in [-0.1, -0.05) is 33.9 Å². The molecule has 126 valence electrons. The van der Waals surface area contributed by atoms with Gasteiger partial charge in [0, 0.05) is 22.7 Å². The Bertz CT molecular complexity index is 845. The van der Waals surface area contributed by atoms with Crippen molar-refractivity contribution in [3.8, 4) is 0 Å². The maximum Gasteiger partial charge on any atom is 0.351 e. The van der Waals surface area contributed by atoms with Gasteiger partial charge in [0.25, 0.3) is 0 Å². The number of ketones is 1. The third-order valence-electron chi connectivity index (χ3n) is 3.62. The van der Waals surface area contributed by atoms with Crippen LogP contribution in [0.2, 0.25) is 9.36 Å². The number of carbonyl (C=O) groups excluding carboxylic acids is 2. The number of hydrogen-bond donors (Lipinski definition) is 1. The monoisotopic (exact) mass is 400 g/mol. The van der Waals surface area contributed by atoms with Crippen molar-refractivity contribution in [2.75, 3.05) is 11.6 Å². The summed E-state index contributed by atoms with van der Waals surface area (Å²) in [5.41, 5.74) is 2.22. The third kappa shape index (κ3) is 3.72. The molecule has 0 saturated heterocycles. The molecule has 0 unspecified atom stereocenters. The van der Waals surface area contributed by atoms with Crippen molar-refractivity contribution in [1.29, 1.82) is 0 Å². The van der Waals surface area contributed by atoms with Crippen molar-refractivity contribution in [2.24, 2.45) is 4.36 Å². The number of fused-ring (bicyclic) bond motifs is 1. The van der Waals surface area contributed by atoms with E-state index in [1.807, 2.05) is 6.26 Å². The van der Waals surface area contributed by atoms with Gasteiger partial charge < -0.3 is 5.32 Å². The Morgan fingerprint density at radius 3 is 2.67 bits per heavy atom. The van der Waals surface area contributed by atoms with Gasteiger partial charge in [0.05, 0.1) is 8.55 Å². The highest BCUT2D eigenvalue weighted by molar-refractivity contribution is 7.89. The van der Waals surface area contributed by atoms with Crippen molar-refractivity contribution in [3.63, 3.8) is 0 Å². The molecule has 2 aromatic rings. The first-order valence-electron chi connectivity index (χ1n) is 7.24. The Kier molecular flexibility index (Phi) is 5.39. The van der Waals surface area contributed by atoms with Crippen molar-refractivity contribution in [2.45, 2.75) is 23.5 Å². The number of benzene rings is 1. The SMILES string of the molecule is C[S@@](=NC(=O)Nc1ccc(Cl)cc1)c1sc(Cl)c2c1C(=O)CCC2. The van der Waals surface area contributed by atoms with Crippen molar-refractivity contribution in [3.05, 3.63) is 44.8 Å². The molecule has 2 amide bonds. The summed E-state index contributed by atoms with van der Waals surface area (Å²) in [6, 6.07) is 6.34. The van der Waals surface area contributed by atoms with E-state index in [4.69, 9.17) is 23.2 Å². The van der Waals surface area contributed by atoms with Crippen molar-refractivity contribution in [1.82, 2.24) is 0 Å². The number of thiophene rings is 1.